The molecule has 5 rings (SSSR count). The summed E-state index contributed by atoms with van der Waals surface area (Å²) in [5.41, 5.74) is 3.43. The number of aromatic nitrogens is 2. The Balaban J connectivity index is 1.47. The van der Waals surface area contributed by atoms with Gasteiger partial charge in [0.1, 0.15) is 0 Å². The maximum atomic E-state index is 12.8. The summed E-state index contributed by atoms with van der Waals surface area (Å²) >= 11 is 1.36. The fourth-order valence-corrected chi connectivity index (χ4v) is 4.21. The first-order chi connectivity index (χ1) is 14.7. The molecule has 0 aliphatic carbocycles. The van der Waals surface area contributed by atoms with Crippen molar-refractivity contribution in [3.8, 4) is 11.1 Å². The molecule has 146 valence electrons. The van der Waals surface area contributed by atoms with Gasteiger partial charge in [-0.05, 0) is 28.8 Å². The van der Waals surface area contributed by atoms with Crippen LogP contribution in [0.1, 0.15) is 5.56 Å². The molecule has 2 heterocycles. The largest absolute Gasteiger partial charge is 0.279 e. The predicted molar refractivity (Wildman–Crippen MR) is 123 cm³/mol. The van der Waals surface area contributed by atoms with Crippen LogP contribution < -0.4 is 11.1 Å². The topological polar surface area (TPSA) is 79.6 Å². The van der Waals surface area contributed by atoms with Gasteiger partial charge in [-0.3, -0.25) is 14.7 Å². The summed E-state index contributed by atoms with van der Waals surface area (Å²) in [5, 5.41) is 12.2. The maximum absolute atomic E-state index is 12.8. The van der Waals surface area contributed by atoms with Crippen LogP contribution in [0.5, 0.6) is 0 Å². The van der Waals surface area contributed by atoms with Crippen molar-refractivity contribution in [2.45, 2.75) is 0 Å². The van der Waals surface area contributed by atoms with Crippen LogP contribution in [0.4, 0.5) is 0 Å². The van der Waals surface area contributed by atoms with Gasteiger partial charge in [-0.15, -0.1) is 5.10 Å². The Kier molecular flexibility index (Phi) is 4.65. The molecule has 30 heavy (non-hydrogen) atoms. The van der Waals surface area contributed by atoms with Crippen LogP contribution in [-0.4, -0.2) is 26.4 Å². The molecule has 0 atom stereocenters. The molecule has 1 aliphatic heterocycles. The molecule has 1 N–H and O–H groups in total. The lowest BCUT2D eigenvalue weighted by atomic mass is 10.0. The van der Waals surface area contributed by atoms with Crippen LogP contribution >= 0.6 is 11.8 Å². The van der Waals surface area contributed by atoms with Crippen LogP contribution in [0, 0.1) is 0 Å². The van der Waals surface area contributed by atoms with E-state index in [1.807, 2.05) is 30.3 Å². The van der Waals surface area contributed by atoms with Crippen molar-refractivity contribution in [3.05, 3.63) is 105 Å². The Hall–Kier alpha value is -3.71. The molecule has 0 saturated carbocycles. The summed E-state index contributed by atoms with van der Waals surface area (Å²) in [5.74, 6) is 0.546. The SMILES string of the molecule is O=c1[nH]n(C2=NN=C(c3ccc(-c4ccccc4)cc3)CS2)c(=O)c2ccccc12. The lowest BCUT2D eigenvalue weighted by molar-refractivity contribution is 0.852. The average Bonchev–Trinajstić information content (AvgIpc) is 2.82. The zero-order valence-electron chi connectivity index (χ0n) is 15.8. The van der Waals surface area contributed by atoms with E-state index in [0.29, 0.717) is 21.7 Å². The van der Waals surface area contributed by atoms with Gasteiger partial charge < -0.3 is 0 Å². The van der Waals surface area contributed by atoms with Crippen molar-refractivity contribution >= 4 is 33.4 Å². The van der Waals surface area contributed by atoms with Gasteiger partial charge >= 0.3 is 0 Å². The Morgan fingerprint density at radius 3 is 2.07 bits per heavy atom. The maximum Gasteiger partial charge on any atom is 0.279 e. The molecular weight excluding hydrogens is 396 g/mol. The predicted octanol–water partition coefficient (Wildman–Crippen LogP) is 3.71. The fraction of sp³-hybridized carbons (Fsp3) is 0.0435. The van der Waals surface area contributed by atoms with Gasteiger partial charge in [0, 0.05) is 5.75 Å². The number of aromatic amines is 1. The number of hydrogen-bond donors (Lipinski definition) is 1. The molecule has 1 aliphatic rings. The van der Waals surface area contributed by atoms with Crippen molar-refractivity contribution in [2.75, 3.05) is 5.75 Å². The molecule has 4 aromatic rings. The van der Waals surface area contributed by atoms with Gasteiger partial charge in [-0.2, -0.15) is 9.78 Å². The first kappa shape index (κ1) is 18.3. The van der Waals surface area contributed by atoms with E-state index in [9.17, 15) is 9.59 Å². The zero-order valence-corrected chi connectivity index (χ0v) is 16.6. The van der Waals surface area contributed by atoms with Gasteiger partial charge in [0.15, 0.2) is 0 Å². The third-order valence-electron chi connectivity index (χ3n) is 4.93. The minimum absolute atomic E-state index is 0.317. The third-order valence-corrected chi connectivity index (χ3v) is 5.87. The highest BCUT2D eigenvalue weighted by Crippen LogP contribution is 2.21. The van der Waals surface area contributed by atoms with E-state index in [-0.39, 0.29) is 11.1 Å². The minimum Gasteiger partial charge on any atom is -0.267 e. The summed E-state index contributed by atoms with van der Waals surface area (Å²) in [6.45, 7) is 0. The second-order valence-corrected chi connectivity index (χ2v) is 7.73. The highest BCUT2D eigenvalue weighted by molar-refractivity contribution is 8.14. The summed E-state index contributed by atoms with van der Waals surface area (Å²) in [7, 11) is 0. The zero-order chi connectivity index (χ0) is 20.5. The molecule has 0 saturated heterocycles. The number of nitrogens with one attached hydrogen (secondary N) is 1. The molecule has 0 amide bonds. The number of rotatable bonds is 2. The van der Waals surface area contributed by atoms with Crippen LogP contribution in [0.2, 0.25) is 0 Å². The highest BCUT2D eigenvalue weighted by atomic mass is 32.2. The average molecular weight is 412 g/mol. The molecule has 7 heteroatoms. The highest BCUT2D eigenvalue weighted by Gasteiger charge is 2.17. The number of fused-ring (bicyclic) bond motifs is 1. The van der Waals surface area contributed by atoms with E-state index in [1.54, 1.807) is 24.3 Å². The Morgan fingerprint density at radius 1 is 0.733 bits per heavy atom. The van der Waals surface area contributed by atoms with Crippen LogP contribution in [0.25, 0.3) is 21.9 Å². The summed E-state index contributed by atoms with van der Waals surface area (Å²) in [6, 6.07) is 25.1. The normalized spacial score (nSPS) is 13.7. The van der Waals surface area contributed by atoms with Crippen molar-refractivity contribution in [1.82, 2.24) is 9.78 Å². The Morgan fingerprint density at radius 2 is 1.37 bits per heavy atom. The molecule has 0 unspecified atom stereocenters. The van der Waals surface area contributed by atoms with Crippen LogP contribution in [-0.2, 0) is 0 Å². The first-order valence-electron chi connectivity index (χ1n) is 9.38. The molecule has 0 spiro atoms. The minimum atomic E-state index is -0.334. The monoisotopic (exact) mass is 412 g/mol. The van der Waals surface area contributed by atoms with Gasteiger partial charge in [0.05, 0.1) is 16.5 Å². The molecule has 1 aromatic heterocycles. The van der Waals surface area contributed by atoms with Gasteiger partial charge in [-0.25, -0.2) is 0 Å². The Labute approximate surface area is 175 Å². The summed E-state index contributed by atoms with van der Waals surface area (Å²) in [6.07, 6.45) is 0. The lowest BCUT2D eigenvalue weighted by Gasteiger charge is -2.14. The molecule has 0 fully saturated rings. The quantitative estimate of drug-likeness (QED) is 0.545. The standard InChI is InChI=1S/C23H16N4O2S/c28-21-18-8-4-5-9-19(18)22(29)27(26-21)23-25-24-20(14-30-23)17-12-10-16(11-13-17)15-6-2-1-3-7-15/h1-13H,14H2,(H,26,28). The number of nitrogens with zero attached hydrogens (tertiary/aromatic N) is 3. The van der Waals surface area contributed by atoms with E-state index in [0.717, 1.165) is 22.4 Å². The van der Waals surface area contributed by atoms with Crippen molar-refractivity contribution in [1.29, 1.82) is 0 Å². The van der Waals surface area contributed by atoms with Crippen molar-refractivity contribution in [3.63, 3.8) is 0 Å². The van der Waals surface area contributed by atoms with Crippen molar-refractivity contribution in [2.24, 2.45) is 10.2 Å². The molecule has 0 bridgehead atoms. The summed E-state index contributed by atoms with van der Waals surface area (Å²) < 4.78 is 1.17. The number of hydrogen-bond acceptors (Lipinski definition) is 5. The number of thioether (sulfide) groups is 1. The molecular formula is C23H16N4O2S. The third kappa shape index (κ3) is 3.29. The van der Waals surface area contributed by atoms with Gasteiger partial charge in [0.25, 0.3) is 11.1 Å². The van der Waals surface area contributed by atoms with E-state index < -0.39 is 0 Å². The van der Waals surface area contributed by atoms with E-state index in [4.69, 9.17) is 0 Å². The lowest BCUT2D eigenvalue weighted by Crippen LogP contribution is -2.34. The number of benzene rings is 3. The van der Waals surface area contributed by atoms with Crippen LogP contribution in [0.15, 0.2) is 98.7 Å². The Bertz CT molecular complexity index is 1420. The fourth-order valence-electron chi connectivity index (χ4n) is 3.37. The molecule has 3 aromatic carbocycles. The van der Waals surface area contributed by atoms with Crippen LogP contribution in [0.3, 0.4) is 0 Å². The van der Waals surface area contributed by atoms with E-state index >= 15 is 0 Å². The van der Waals surface area contributed by atoms with Gasteiger partial charge in [0.2, 0.25) is 5.17 Å². The number of H-pyrrole nitrogens is 1. The van der Waals surface area contributed by atoms with Gasteiger partial charge in [-0.1, -0.05) is 78.5 Å². The second kappa shape index (κ2) is 7.61. The smallest absolute Gasteiger partial charge is 0.267 e. The van der Waals surface area contributed by atoms with E-state index in [1.165, 1.54) is 16.4 Å². The second-order valence-electron chi connectivity index (χ2n) is 6.79. The van der Waals surface area contributed by atoms with E-state index in [2.05, 4.69) is 39.6 Å². The molecule has 6 nitrogen and oxygen atoms in total. The first-order valence-corrected chi connectivity index (χ1v) is 10.4. The molecule has 0 radical (unpaired) electrons. The van der Waals surface area contributed by atoms with Crippen molar-refractivity contribution < 1.29 is 0 Å². The summed E-state index contributed by atoms with van der Waals surface area (Å²) in [4.78, 5) is 25.1.